The molecule has 3 nitrogen and oxygen atoms in total. The summed E-state index contributed by atoms with van der Waals surface area (Å²) >= 11 is 0. The van der Waals surface area contributed by atoms with Gasteiger partial charge in [0.1, 0.15) is 0 Å². The van der Waals surface area contributed by atoms with Crippen LogP contribution in [0.4, 0.5) is 0 Å². The van der Waals surface area contributed by atoms with Gasteiger partial charge in [-0.1, -0.05) is 6.07 Å². The molecule has 70 valence electrons. The largest absolute Gasteiger partial charge is 0.378 e. The predicted molar refractivity (Wildman–Crippen MR) is 50.4 cm³/mol. The van der Waals surface area contributed by atoms with E-state index in [1.165, 1.54) is 0 Å². The Kier molecular flexibility index (Phi) is 2.57. The highest BCUT2D eigenvalue weighted by Crippen LogP contribution is 2.11. The van der Waals surface area contributed by atoms with Gasteiger partial charge in [0.25, 0.3) is 0 Å². The summed E-state index contributed by atoms with van der Waals surface area (Å²) in [4.78, 5) is 4.29. The lowest BCUT2D eigenvalue weighted by atomic mass is 10.1. The van der Waals surface area contributed by atoms with Crippen LogP contribution in [0.15, 0.2) is 24.4 Å². The fourth-order valence-corrected chi connectivity index (χ4v) is 1.40. The lowest BCUT2D eigenvalue weighted by Crippen LogP contribution is -2.46. The number of nitrogens with one attached hydrogen (secondary N) is 1. The van der Waals surface area contributed by atoms with E-state index in [-0.39, 0.29) is 0 Å². The van der Waals surface area contributed by atoms with E-state index in [4.69, 9.17) is 4.74 Å². The van der Waals surface area contributed by atoms with Gasteiger partial charge in [-0.05, 0) is 19.1 Å². The Morgan fingerprint density at radius 1 is 1.54 bits per heavy atom. The van der Waals surface area contributed by atoms with Crippen LogP contribution >= 0.6 is 0 Å². The van der Waals surface area contributed by atoms with Gasteiger partial charge in [-0.15, -0.1) is 0 Å². The molecule has 0 radical (unpaired) electrons. The first kappa shape index (κ1) is 8.66. The summed E-state index contributed by atoms with van der Waals surface area (Å²) in [5, 5.41) is 3.45. The van der Waals surface area contributed by atoms with Crippen molar-refractivity contribution in [2.75, 3.05) is 13.2 Å². The third-order valence-corrected chi connectivity index (χ3v) is 2.26. The van der Waals surface area contributed by atoms with Crippen molar-refractivity contribution in [3.05, 3.63) is 30.1 Å². The van der Waals surface area contributed by atoms with Crippen LogP contribution < -0.4 is 5.32 Å². The minimum Gasteiger partial charge on any atom is -0.378 e. The third kappa shape index (κ3) is 2.05. The second-order valence-corrected chi connectivity index (χ2v) is 3.38. The predicted octanol–water partition coefficient (Wildman–Crippen LogP) is 1.13. The van der Waals surface area contributed by atoms with E-state index in [0.29, 0.717) is 12.1 Å². The van der Waals surface area contributed by atoms with Gasteiger partial charge >= 0.3 is 0 Å². The van der Waals surface area contributed by atoms with Crippen molar-refractivity contribution in [1.29, 1.82) is 0 Å². The molecule has 1 saturated heterocycles. The van der Waals surface area contributed by atoms with Crippen LogP contribution in [0.1, 0.15) is 18.7 Å². The summed E-state index contributed by atoms with van der Waals surface area (Å²) in [5.74, 6) is 0. The second kappa shape index (κ2) is 3.85. The molecule has 1 fully saturated rings. The summed E-state index contributed by atoms with van der Waals surface area (Å²) in [7, 11) is 0. The highest BCUT2D eigenvalue weighted by molar-refractivity contribution is 5.08. The van der Waals surface area contributed by atoms with Crippen molar-refractivity contribution in [1.82, 2.24) is 10.3 Å². The summed E-state index contributed by atoms with van der Waals surface area (Å²) < 4.78 is 5.09. The van der Waals surface area contributed by atoms with Crippen molar-refractivity contribution in [2.24, 2.45) is 0 Å². The number of hydrogen-bond donors (Lipinski definition) is 1. The number of nitrogens with zero attached hydrogens (tertiary/aromatic N) is 1. The minimum atomic E-state index is 0.315. The third-order valence-electron chi connectivity index (χ3n) is 2.26. The van der Waals surface area contributed by atoms with Crippen LogP contribution in [0.3, 0.4) is 0 Å². The number of pyridine rings is 1. The fraction of sp³-hybridized carbons (Fsp3) is 0.500. The SMILES string of the molecule is CC(NC1COC1)c1ccccn1. The molecule has 1 aromatic rings. The van der Waals surface area contributed by atoms with E-state index in [9.17, 15) is 0 Å². The molecule has 1 N–H and O–H groups in total. The first-order chi connectivity index (χ1) is 6.36. The van der Waals surface area contributed by atoms with Crippen molar-refractivity contribution in [3.8, 4) is 0 Å². The normalized spacial score (nSPS) is 19.5. The second-order valence-electron chi connectivity index (χ2n) is 3.38. The maximum Gasteiger partial charge on any atom is 0.0643 e. The van der Waals surface area contributed by atoms with Crippen LogP contribution in [0.25, 0.3) is 0 Å². The first-order valence-corrected chi connectivity index (χ1v) is 4.61. The van der Waals surface area contributed by atoms with E-state index in [1.807, 2.05) is 24.4 Å². The van der Waals surface area contributed by atoms with Gasteiger partial charge in [-0.25, -0.2) is 0 Å². The molecule has 0 saturated carbocycles. The zero-order valence-corrected chi connectivity index (χ0v) is 7.73. The lowest BCUT2D eigenvalue weighted by Gasteiger charge is -2.29. The molecule has 2 heterocycles. The Balaban J connectivity index is 1.92. The Morgan fingerprint density at radius 2 is 2.38 bits per heavy atom. The zero-order chi connectivity index (χ0) is 9.10. The van der Waals surface area contributed by atoms with Gasteiger partial charge in [-0.3, -0.25) is 4.98 Å². The topological polar surface area (TPSA) is 34.1 Å². The maximum atomic E-state index is 5.09. The fourth-order valence-electron chi connectivity index (χ4n) is 1.40. The Labute approximate surface area is 78.1 Å². The van der Waals surface area contributed by atoms with E-state index >= 15 is 0 Å². The van der Waals surface area contributed by atoms with Crippen molar-refractivity contribution in [3.63, 3.8) is 0 Å². The summed E-state index contributed by atoms with van der Waals surface area (Å²) in [6.45, 7) is 3.79. The van der Waals surface area contributed by atoms with Gasteiger partial charge in [0.15, 0.2) is 0 Å². The number of ether oxygens (including phenoxy) is 1. The van der Waals surface area contributed by atoms with E-state index in [2.05, 4.69) is 17.2 Å². The minimum absolute atomic E-state index is 0.315. The van der Waals surface area contributed by atoms with Crippen LogP contribution in [0, 0.1) is 0 Å². The Hall–Kier alpha value is -0.930. The molecular weight excluding hydrogens is 164 g/mol. The number of aromatic nitrogens is 1. The molecule has 0 bridgehead atoms. The molecule has 0 aliphatic carbocycles. The molecule has 0 aromatic carbocycles. The van der Waals surface area contributed by atoms with Gasteiger partial charge in [-0.2, -0.15) is 0 Å². The highest BCUT2D eigenvalue weighted by atomic mass is 16.5. The lowest BCUT2D eigenvalue weighted by molar-refractivity contribution is -0.00943. The molecular formula is C10H14N2O. The summed E-state index contributed by atoms with van der Waals surface area (Å²) in [6.07, 6.45) is 1.82. The van der Waals surface area contributed by atoms with Gasteiger partial charge in [0, 0.05) is 12.2 Å². The average Bonchev–Trinajstić information content (AvgIpc) is 2.12. The molecule has 1 aromatic heterocycles. The number of rotatable bonds is 3. The highest BCUT2D eigenvalue weighted by Gasteiger charge is 2.20. The molecule has 0 amide bonds. The Bertz CT molecular complexity index is 259. The molecule has 2 rings (SSSR count). The van der Waals surface area contributed by atoms with Crippen LogP contribution in [-0.4, -0.2) is 24.2 Å². The van der Waals surface area contributed by atoms with E-state index < -0.39 is 0 Å². The van der Waals surface area contributed by atoms with Crippen LogP contribution in [-0.2, 0) is 4.74 Å². The molecule has 13 heavy (non-hydrogen) atoms. The molecule has 0 spiro atoms. The molecule has 1 unspecified atom stereocenters. The number of hydrogen-bond acceptors (Lipinski definition) is 3. The van der Waals surface area contributed by atoms with Gasteiger partial charge in [0.2, 0.25) is 0 Å². The van der Waals surface area contributed by atoms with E-state index in [0.717, 1.165) is 18.9 Å². The quantitative estimate of drug-likeness (QED) is 0.753. The molecule has 3 heteroatoms. The molecule has 1 aliphatic rings. The van der Waals surface area contributed by atoms with Crippen molar-refractivity contribution in [2.45, 2.75) is 19.0 Å². The first-order valence-electron chi connectivity index (χ1n) is 4.61. The Morgan fingerprint density at radius 3 is 2.92 bits per heavy atom. The van der Waals surface area contributed by atoms with Crippen molar-refractivity contribution < 1.29 is 4.74 Å². The summed E-state index contributed by atoms with van der Waals surface area (Å²) in [6, 6.07) is 6.81. The van der Waals surface area contributed by atoms with E-state index in [1.54, 1.807) is 0 Å². The standard InChI is InChI=1S/C10H14N2O/c1-8(12-9-6-13-7-9)10-4-2-3-5-11-10/h2-5,8-9,12H,6-7H2,1H3. The monoisotopic (exact) mass is 178 g/mol. The maximum absolute atomic E-state index is 5.09. The van der Waals surface area contributed by atoms with Gasteiger partial charge < -0.3 is 10.1 Å². The smallest absolute Gasteiger partial charge is 0.0643 e. The summed E-state index contributed by atoms with van der Waals surface area (Å²) in [5.41, 5.74) is 1.09. The van der Waals surface area contributed by atoms with Crippen molar-refractivity contribution >= 4 is 0 Å². The molecule has 1 atom stereocenters. The van der Waals surface area contributed by atoms with Crippen LogP contribution in [0.5, 0.6) is 0 Å². The molecule has 1 aliphatic heterocycles. The van der Waals surface area contributed by atoms with Crippen LogP contribution in [0.2, 0.25) is 0 Å². The average molecular weight is 178 g/mol. The van der Waals surface area contributed by atoms with Gasteiger partial charge in [0.05, 0.1) is 24.9 Å². The zero-order valence-electron chi connectivity index (χ0n) is 7.73.